The fourth-order valence-electron chi connectivity index (χ4n) is 2.33. The third kappa shape index (κ3) is 4.15. The molecule has 1 amide bonds. The molecule has 2 aromatic carbocycles. The zero-order valence-electron chi connectivity index (χ0n) is 13.2. The van der Waals surface area contributed by atoms with Gasteiger partial charge in [-0.3, -0.25) is 4.79 Å². The van der Waals surface area contributed by atoms with Gasteiger partial charge >= 0.3 is 5.97 Å². The van der Waals surface area contributed by atoms with Gasteiger partial charge in [0.25, 0.3) is 5.91 Å². The summed E-state index contributed by atoms with van der Waals surface area (Å²) in [6.45, 7) is 1.96. The highest BCUT2D eigenvalue weighted by molar-refractivity contribution is 8.05. The molecule has 1 heterocycles. The molecule has 3 N–H and O–H groups in total. The minimum absolute atomic E-state index is 0.176. The zero-order chi connectivity index (χ0) is 18.0. The maximum Gasteiger partial charge on any atom is 0.335 e. The number of carboxylic acid groups (broad SMARTS) is 1. The van der Waals surface area contributed by atoms with E-state index in [1.807, 2.05) is 25.1 Å². The van der Waals surface area contributed by atoms with Gasteiger partial charge in [-0.1, -0.05) is 41.6 Å². The number of aryl methyl sites for hydroxylation is 1. The topological polar surface area (TPSA) is 78.4 Å². The third-order valence-corrected chi connectivity index (χ3v) is 4.94. The smallest absolute Gasteiger partial charge is 0.335 e. The van der Waals surface area contributed by atoms with Gasteiger partial charge < -0.3 is 15.7 Å². The van der Waals surface area contributed by atoms with E-state index in [1.54, 1.807) is 18.2 Å². The van der Waals surface area contributed by atoms with Crippen molar-refractivity contribution in [2.45, 2.75) is 12.4 Å². The van der Waals surface area contributed by atoms with Crippen LogP contribution in [0.3, 0.4) is 0 Å². The van der Waals surface area contributed by atoms with Crippen LogP contribution < -0.4 is 10.6 Å². The monoisotopic (exact) mass is 374 g/mol. The lowest BCUT2D eigenvalue weighted by molar-refractivity contribution is -0.116. The Morgan fingerprint density at radius 3 is 2.68 bits per heavy atom. The first-order chi connectivity index (χ1) is 11.9. The van der Waals surface area contributed by atoms with Crippen molar-refractivity contribution in [1.82, 2.24) is 5.32 Å². The second-order valence-corrected chi connectivity index (χ2v) is 7.09. The first-order valence-electron chi connectivity index (χ1n) is 7.47. The van der Waals surface area contributed by atoms with Gasteiger partial charge in [-0.25, -0.2) is 4.79 Å². The third-order valence-electron chi connectivity index (χ3n) is 3.67. The van der Waals surface area contributed by atoms with E-state index >= 15 is 0 Å². The molecule has 0 saturated carbocycles. The molecule has 0 radical (unpaired) electrons. The molecule has 25 heavy (non-hydrogen) atoms. The Balaban J connectivity index is 1.73. The number of carbonyl (C=O) groups is 2. The predicted octanol–water partition coefficient (Wildman–Crippen LogP) is 3.95. The van der Waals surface area contributed by atoms with Crippen LogP contribution in [0.5, 0.6) is 0 Å². The van der Waals surface area contributed by atoms with E-state index in [2.05, 4.69) is 10.6 Å². The lowest BCUT2D eigenvalue weighted by atomic mass is 10.1. The Morgan fingerprint density at radius 2 is 2.00 bits per heavy atom. The minimum Gasteiger partial charge on any atom is -0.478 e. The Bertz CT molecular complexity index is 865. The molecule has 3 rings (SSSR count). The lowest BCUT2D eigenvalue weighted by Crippen LogP contribution is -2.31. The average molecular weight is 375 g/mol. The predicted molar refractivity (Wildman–Crippen MR) is 101 cm³/mol. The van der Waals surface area contributed by atoms with Crippen LogP contribution in [0.1, 0.15) is 21.5 Å². The summed E-state index contributed by atoms with van der Waals surface area (Å²) in [6, 6.07) is 11.9. The maximum atomic E-state index is 12.1. The number of carboxylic acids is 1. The van der Waals surface area contributed by atoms with Crippen LogP contribution in [0, 0.1) is 6.92 Å². The van der Waals surface area contributed by atoms with Crippen molar-refractivity contribution in [2.24, 2.45) is 0 Å². The normalized spacial score (nSPS) is 18.2. The van der Waals surface area contributed by atoms with Crippen LogP contribution in [0.4, 0.5) is 5.69 Å². The second-order valence-electron chi connectivity index (χ2n) is 5.51. The molecule has 0 bridgehead atoms. The highest BCUT2D eigenvalue weighted by Gasteiger charge is 2.27. The van der Waals surface area contributed by atoms with Gasteiger partial charge in [-0.15, -0.1) is 0 Å². The Kier molecular flexibility index (Phi) is 5.01. The molecule has 0 spiro atoms. The molecule has 1 unspecified atom stereocenters. The largest absolute Gasteiger partial charge is 0.478 e. The molecule has 1 fully saturated rings. The van der Waals surface area contributed by atoms with Crippen molar-refractivity contribution in [3.05, 3.63) is 69.1 Å². The summed E-state index contributed by atoms with van der Waals surface area (Å²) >= 11 is 7.38. The number of halogens is 1. The standard InChI is InChI=1S/C18H15ClN2O3S/c1-10-2-7-13(19)9-14(10)20-18-21-16(22)15(25-18)8-11-3-5-12(6-4-11)17(23)24/h2-9,18,20H,1H3,(H,21,22)(H,23,24)/b15-8-. The molecule has 128 valence electrons. The van der Waals surface area contributed by atoms with Crippen molar-refractivity contribution in [3.8, 4) is 0 Å². The van der Waals surface area contributed by atoms with Gasteiger partial charge in [0.1, 0.15) is 0 Å². The molecule has 0 aromatic heterocycles. The Morgan fingerprint density at radius 1 is 1.28 bits per heavy atom. The first-order valence-corrected chi connectivity index (χ1v) is 8.73. The van der Waals surface area contributed by atoms with Crippen molar-refractivity contribution < 1.29 is 14.7 Å². The molecule has 1 saturated heterocycles. The van der Waals surface area contributed by atoms with E-state index in [9.17, 15) is 9.59 Å². The van der Waals surface area contributed by atoms with Crippen LogP contribution in [-0.2, 0) is 4.79 Å². The van der Waals surface area contributed by atoms with Crippen LogP contribution >= 0.6 is 23.4 Å². The fraction of sp³-hybridized carbons (Fsp3) is 0.111. The minimum atomic E-state index is -0.978. The van der Waals surface area contributed by atoms with Crippen molar-refractivity contribution in [2.75, 3.05) is 5.32 Å². The van der Waals surface area contributed by atoms with Gasteiger partial charge in [0.2, 0.25) is 0 Å². The Hall–Kier alpha value is -2.44. The van der Waals surface area contributed by atoms with E-state index in [1.165, 1.54) is 23.9 Å². The first kappa shape index (κ1) is 17.4. The highest BCUT2D eigenvalue weighted by atomic mass is 35.5. The van der Waals surface area contributed by atoms with Gasteiger partial charge in [-0.05, 0) is 48.4 Å². The summed E-state index contributed by atoms with van der Waals surface area (Å²) < 4.78 is 0. The fourth-order valence-corrected chi connectivity index (χ4v) is 3.48. The molecule has 1 aliphatic rings. The van der Waals surface area contributed by atoms with Gasteiger partial charge in [0.15, 0.2) is 5.50 Å². The number of rotatable bonds is 4. The second kappa shape index (κ2) is 7.21. The average Bonchev–Trinajstić information content (AvgIpc) is 2.91. The highest BCUT2D eigenvalue weighted by Crippen LogP contribution is 2.31. The van der Waals surface area contributed by atoms with Crippen molar-refractivity contribution in [3.63, 3.8) is 0 Å². The lowest BCUT2D eigenvalue weighted by Gasteiger charge is -2.15. The quantitative estimate of drug-likeness (QED) is 0.706. The van der Waals surface area contributed by atoms with Crippen LogP contribution in [0.15, 0.2) is 47.4 Å². The number of nitrogens with one attached hydrogen (secondary N) is 2. The van der Waals surface area contributed by atoms with Crippen LogP contribution in [-0.4, -0.2) is 22.5 Å². The number of hydrogen-bond donors (Lipinski definition) is 3. The number of aromatic carboxylic acids is 1. The zero-order valence-corrected chi connectivity index (χ0v) is 14.8. The molecule has 7 heteroatoms. The molecular weight excluding hydrogens is 360 g/mol. The maximum absolute atomic E-state index is 12.1. The van der Waals surface area contributed by atoms with Crippen LogP contribution in [0.25, 0.3) is 6.08 Å². The van der Waals surface area contributed by atoms with Gasteiger partial charge in [-0.2, -0.15) is 0 Å². The summed E-state index contributed by atoms with van der Waals surface area (Å²) in [5.74, 6) is -1.15. The van der Waals surface area contributed by atoms with Gasteiger partial charge in [0, 0.05) is 10.7 Å². The summed E-state index contributed by atoms with van der Waals surface area (Å²) in [6.07, 6.45) is 1.73. The molecule has 2 aromatic rings. The molecule has 5 nitrogen and oxygen atoms in total. The molecule has 0 aliphatic carbocycles. The number of hydrogen-bond acceptors (Lipinski definition) is 4. The summed E-state index contributed by atoms with van der Waals surface area (Å²) in [7, 11) is 0. The van der Waals surface area contributed by atoms with Crippen molar-refractivity contribution >= 4 is 47.0 Å². The number of anilines is 1. The van der Waals surface area contributed by atoms with Crippen LogP contribution in [0.2, 0.25) is 5.02 Å². The van der Waals surface area contributed by atoms with E-state index in [0.29, 0.717) is 9.93 Å². The molecular formula is C18H15ClN2O3S. The van der Waals surface area contributed by atoms with E-state index in [-0.39, 0.29) is 17.0 Å². The van der Waals surface area contributed by atoms with E-state index in [4.69, 9.17) is 16.7 Å². The molecule has 1 atom stereocenters. The number of carbonyl (C=O) groups excluding carboxylic acids is 1. The van der Waals surface area contributed by atoms with E-state index < -0.39 is 5.97 Å². The van der Waals surface area contributed by atoms with E-state index in [0.717, 1.165) is 16.8 Å². The summed E-state index contributed by atoms with van der Waals surface area (Å²) in [4.78, 5) is 23.6. The summed E-state index contributed by atoms with van der Waals surface area (Å²) in [5, 5.41) is 15.6. The summed E-state index contributed by atoms with van der Waals surface area (Å²) in [5.41, 5.74) is 2.57. The van der Waals surface area contributed by atoms with Gasteiger partial charge in [0.05, 0.1) is 10.5 Å². The Labute approximate surface area is 154 Å². The number of amides is 1. The van der Waals surface area contributed by atoms with Crippen molar-refractivity contribution in [1.29, 1.82) is 0 Å². The molecule has 1 aliphatic heterocycles. The SMILES string of the molecule is Cc1ccc(Cl)cc1NC1NC(=O)/C(=C/c2ccc(C(=O)O)cc2)S1. The number of benzene rings is 2. The number of thioether (sulfide) groups is 1.